The summed E-state index contributed by atoms with van der Waals surface area (Å²) in [5, 5.41) is 0.646. The van der Waals surface area contributed by atoms with Gasteiger partial charge in [0.25, 0.3) is 0 Å². The van der Waals surface area contributed by atoms with Crippen molar-refractivity contribution in [2.45, 2.75) is 3.79 Å². The van der Waals surface area contributed by atoms with Crippen LogP contribution in [0.1, 0.15) is 0 Å². The number of hydrogen-bond acceptors (Lipinski definition) is 1. The maximum Gasteiger partial charge on any atom is 0.225 e. The van der Waals surface area contributed by atoms with Gasteiger partial charge in [0.2, 0.25) is 3.79 Å². The van der Waals surface area contributed by atoms with Crippen LogP contribution in [0.4, 0.5) is 5.69 Å². The van der Waals surface area contributed by atoms with Gasteiger partial charge in [0, 0.05) is 5.02 Å². The first-order valence-electron chi connectivity index (χ1n) is 3.35. The molecule has 0 aliphatic carbocycles. The minimum atomic E-state index is -1.46. The van der Waals surface area contributed by atoms with Crippen molar-refractivity contribution in [2.24, 2.45) is 4.99 Å². The van der Waals surface area contributed by atoms with Crippen LogP contribution >= 0.6 is 46.4 Å². The van der Waals surface area contributed by atoms with E-state index >= 15 is 0 Å². The molecule has 5 heteroatoms. The minimum Gasteiger partial charge on any atom is -0.257 e. The van der Waals surface area contributed by atoms with E-state index in [4.69, 9.17) is 46.4 Å². The molecule has 0 saturated carbocycles. The van der Waals surface area contributed by atoms with Gasteiger partial charge in [-0.05, 0) is 24.3 Å². The third-order valence-corrected chi connectivity index (χ3v) is 1.73. The van der Waals surface area contributed by atoms with Crippen LogP contribution in [-0.2, 0) is 0 Å². The van der Waals surface area contributed by atoms with Gasteiger partial charge in [-0.3, -0.25) is 4.99 Å². The first-order valence-corrected chi connectivity index (χ1v) is 4.86. The molecular weight excluding hydrogens is 252 g/mol. The molecule has 0 saturated heterocycles. The van der Waals surface area contributed by atoms with Gasteiger partial charge < -0.3 is 0 Å². The van der Waals surface area contributed by atoms with Gasteiger partial charge in [0.15, 0.2) is 0 Å². The Balaban J connectivity index is 2.75. The predicted molar refractivity (Wildman–Crippen MR) is 59.9 cm³/mol. The fourth-order valence-electron chi connectivity index (χ4n) is 0.675. The molecule has 0 unspecified atom stereocenters. The van der Waals surface area contributed by atoms with Gasteiger partial charge in [0.05, 0.1) is 11.9 Å². The van der Waals surface area contributed by atoms with Crippen molar-refractivity contribution in [1.82, 2.24) is 0 Å². The second-order valence-electron chi connectivity index (χ2n) is 2.28. The van der Waals surface area contributed by atoms with Crippen molar-refractivity contribution in [2.75, 3.05) is 0 Å². The number of rotatable bonds is 1. The number of alkyl halides is 3. The lowest BCUT2D eigenvalue weighted by Crippen LogP contribution is -2.01. The molecule has 0 aliphatic rings. The third-order valence-electron chi connectivity index (χ3n) is 1.19. The molecule has 1 aromatic rings. The smallest absolute Gasteiger partial charge is 0.225 e. The topological polar surface area (TPSA) is 12.4 Å². The second kappa shape index (κ2) is 4.52. The zero-order chi connectivity index (χ0) is 9.90. The van der Waals surface area contributed by atoms with E-state index in [0.29, 0.717) is 10.7 Å². The van der Waals surface area contributed by atoms with Crippen LogP contribution in [0.15, 0.2) is 29.3 Å². The third kappa shape index (κ3) is 4.72. The van der Waals surface area contributed by atoms with E-state index in [2.05, 4.69) is 4.99 Å². The van der Waals surface area contributed by atoms with Crippen LogP contribution in [0.5, 0.6) is 0 Å². The fraction of sp³-hybridized carbons (Fsp3) is 0.125. The monoisotopic (exact) mass is 255 g/mol. The summed E-state index contributed by atoms with van der Waals surface area (Å²) >= 11 is 22.1. The van der Waals surface area contributed by atoms with E-state index in [9.17, 15) is 0 Å². The summed E-state index contributed by atoms with van der Waals surface area (Å²) in [6.07, 6.45) is 1.24. The molecule has 0 bridgehead atoms. The van der Waals surface area contributed by atoms with Crippen molar-refractivity contribution in [1.29, 1.82) is 0 Å². The number of halogens is 4. The van der Waals surface area contributed by atoms with Crippen LogP contribution in [-0.4, -0.2) is 10.0 Å². The second-order valence-corrected chi connectivity index (χ2v) is 5.08. The van der Waals surface area contributed by atoms with Gasteiger partial charge in [0.1, 0.15) is 0 Å². The predicted octanol–water partition coefficient (Wildman–Crippen LogP) is 4.41. The number of aliphatic imine (C=N–C) groups is 1. The van der Waals surface area contributed by atoms with E-state index < -0.39 is 3.79 Å². The molecule has 1 rings (SSSR count). The molecule has 13 heavy (non-hydrogen) atoms. The zero-order valence-corrected chi connectivity index (χ0v) is 9.37. The van der Waals surface area contributed by atoms with Crippen LogP contribution in [0.2, 0.25) is 5.02 Å². The summed E-state index contributed by atoms with van der Waals surface area (Å²) in [6.45, 7) is 0. The fourth-order valence-corrected chi connectivity index (χ4v) is 0.947. The Kier molecular flexibility index (Phi) is 3.87. The molecule has 0 aliphatic heterocycles. The molecule has 0 N–H and O–H groups in total. The van der Waals surface area contributed by atoms with Crippen molar-refractivity contribution < 1.29 is 0 Å². The molecule has 0 atom stereocenters. The van der Waals surface area contributed by atoms with Crippen molar-refractivity contribution in [3.63, 3.8) is 0 Å². The molecule has 70 valence electrons. The van der Waals surface area contributed by atoms with Crippen LogP contribution < -0.4 is 0 Å². The normalized spacial score (nSPS) is 12.3. The minimum absolute atomic E-state index is 0.646. The van der Waals surface area contributed by atoms with E-state index in [1.165, 1.54) is 6.21 Å². The van der Waals surface area contributed by atoms with Crippen molar-refractivity contribution in [3.05, 3.63) is 29.3 Å². The van der Waals surface area contributed by atoms with Gasteiger partial charge in [-0.2, -0.15) is 0 Å². The van der Waals surface area contributed by atoms with E-state index in [1.807, 2.05) is 0 Å². The Morgan fingerprint density at radius 2 is 1.62 bits per heavy atom. The molecule has 1 aromatic carbocycles. The maximum atomic E-state index is 5.67. The molecule has 0 spiro atoms. The summed E-state index contributed by atoms with van der Waals surface area (Å²) in [6, 6.07) is 6.89. The maximum absolute atomic E-state index is 5.67. The van der Waals surface area contributed by atoms with Gasteiger partial charge in [-0.25, -0.2) is 0 Å². The Morgan fingerprint density at radius 3 is 2.08 bits per heavy atom. The van der Waals surface area contributed by atoms with Crippen molar-refractivity contribution >= 4 is 58.3 Å². The first-order chi connectivity index (χ1) is 5.97. The number of hydrogen-bond donors (Lipinski definition) is 0. The lowest BCUT2D eigenvalue weighted by Gasteiger charge is -2.01. The molecule has 1 nitrogen and oxygen atoms in total. The highest BCUT2D eigenvalue weighted by Crippen LogP contribution is 2.25. The highest BCUT2D eigenvalue weighted by atomic mass is 35.6. The molecule has 0 amide bonds. The van der Waals surface area contributed by atoms with Gasteiger partial charge >= 0.3 is 0 Å². The number of nitrogens with zero attached hydrogens (tertiary/aromatic N) is 1. The van der Waals surface area contributed by atoms with E-state index in [1.54, 1.807) is 24.3 Å². The summed E-state index contributed by atoms with van der Waals surface area (Å²) < 4.78 is -1.46. The SMILES string of the molecule is Clc1ccc(N=CC(Cl)(Cl)Cl)cc1. The average molecular weight is 257 g/mol. The molecular formula is C8H5Cl4N. The van der Waals surface area contributed by atoms with Gasteiger partial charge in [-0.1, -0.05) is 46.4 Å². The highest BCUT2D eigenvalue weighted by molar-refractivity contribution is 6.74. The average Bonchev–Trinajstić information content (AvgIpc) is 2.02. The highest BCUT2D eigenvalue weighted by Gasteiger charge is 2.14. The summed E-state index contributed by atoms with van der Waals surface area (Å²) in [7, 11) is 0. The van der Waals surface area contributed by atoms with Crippen LogP contribution in [0, 0.1) is 0 Å². The quantitative estimate of drug-likeness (QED) is 0.521. The van der Waals surface area contributed by atoms with Crippen LogP contribution in [0.3, 0.4) is 0 Å². The molecule has 0 fully saturated rings. The number of benzene rings is 1. The summed E-state index contributed by atoms with van der Waals surface area (Å²) in [5.74, 6) is 0. The molecule has 0 heterocycles. The summed E-state index contributed by atoms with van der Waals surface area (Å²) in [5.41, 5.74) is 0.690. The molecule has 0 radical (unpaired) electrons. The summed E-state index contributed by atoms with van der Waals surface area (Å²) in [4.78, 5) is 3.94. The largest absolute Gasteiger partial charge is 0.257 e. The Bertz CT molecular complexity index is 299. The van der Waals surface area contributed by atoms with E-state index in [-0.39, 0.29) is 0 Å². The van der Waals surface area contributed by atoms with E-state index in [0.717, 1.165) is 0 Å². The van der Waals surface area contributed by atoms with Gasteiger partial charge in [-0.15, -0.1) is 0 Å². The zero-order valence-electron chi connectivity index (χ0n) is 6.35. The molecule has 0 aromatic heterocycles. The Labute approximate surface area is 96.3 Å². The lowest BCUT2D eigenvalue weighted by atomic mass is 10.3. The standard InChI is InChI=1S/C8H5Cl4N/c9-6-1-3-7(4-2-6)13-5-8(10,11)12/h1-5H. The Morgan fingerprint density at radius 1 is 1.08 bits per heavy atom. The van der Waals surface area contributed by atoms with Crippen molar-refractivity contribution in [3.8, 4) is 0 Å². The first kappa shape index (κ1) is 11.1. The van der Waals surface area contributed by atoms with Crippen LogP contribution in [0.25, 0.3) is 0 Å². The Hall–Kier alpha value is 0.0500. The lowest BCUT2D eigenvalue weighted by molar-refractivity contribution is 1.49.